The summed E-state index contributed by atoms with van der Waals surface area (Å²) in [7, 11) is 0. The van der Waals surface area contributed by atoms with Crippen molar-refractivity contribution in [3.8, 4) is 67.5 Å². The van der Waals surface area contributed by atoms with Crippen molar-refractivity contribution in [1.82, 2.24) is 19.9 Å². The largest absolute Gasteiger partial charge is 0.256 e. The number of hydrogen-bond donors (Lipinski definition) is 0. The maximum atomic E-state index is 5.17. The molecular weight excluding hydrogens is 705 g/mol. The van der Waals surface area contributed by atoms with Crippen molar-refractivity contribution in [2.75, 3.05) is 0 Å². The van der Waals surface area contributed by atoms with Gasteiger partial charge in [-0.05, 0) is 96.0 Å². The van der Waals surface area contributed by atoms with E-state index in [1.807, 2.05) is 48.7 Å². The molecular formula is C54H34N4. The third-order valence-electron chi connectivity index (χ3n) is 11.1. The minimum Gasteiger partial charge on any atom is -0.256 e. The Balaban J connectivity index is 1.15. The molecule has 0 unspecified atom stereocenters. The zero-order chi connectivity index (χ0) is 38.4. The molecule has 0 aliphatic rings. The Hall–Kier alpha value is -7.82. The van der Waals surface area contributed by atoms with Gasteiger partial charge in [0.15, 0.2) is 17.5 Å². The fraction of sp³-hybridized carbons (Fsp3) is 0. The Morgan fingerprint density at radius 2 is 0.759 bits per heavy atom. The highest BCUT2D eigenvalue weighted by atomic mass is 15.0. The van der Waals surface area contributed by atoms with Gasteiger partial charge in [0.2, 0.25) is 0 Å². The fourth-order valence-electron chi connectivity index (χ4n) is 8.31. The molecule has 11 aromatic rings. The average Bonchev–Trinajstić information content (AvgIpc) is 3.31. The third kappa shape index (κ3) is 5.96. The molecule has 2 aromatic heterocycles. The van der Waals surface area contributed by atoms with E-state index in [2.05, 4.69) is 163 Å². The van der Waals surface area contributed by atoms with Crippen LogP contribution in [0.25, 0.3) is 111 Å². The third-order valence-corrected chi connectivity index (χ3v) is 11.1. The summed E-state index contributed by atoms with van der Waals surface area (Å²) in [4.78, 5) is 19.9. The van der Waals surface area contributed by atoms with E-state index in [1.165, 1.54) is 32.3 Å². The Labute approximate surface area is 335 Å². The molecule has 0 spiro atoms. The molecule has 58 heavy (non-hydrogen) atoms. The van der Waals surface area contributed by atoms with Crippen LogP contribution in [-0.4, -0.2) is 19.9 Å². The molecule has 0 radical (unpaired) electrons. The van der Waals surface area contributed by atoms with Crippen LogP contribution in [0.4, 0.5) is 0 Å². The predicted octanol–water partition coefficient (Wildman–Crippen LogP) is 13.9. The quantitative estimate of drug-likeness (QED) is 0.159. The smallest absolute Gasteiger partial charge is 0.164 e. The standard InChI is InChI=1S/C54H34N4/c1-3-13-38(14-4-1)52-56-53(39-15-5-2-6-16-39)58-54(57-52)43-32-41(36-26-24-35(25-27-36)40-29-28-37-17-12-30-55-50(37)34-40)31-42(33-43)44-22-11-23-49-47-19-8-7-18-45(47)46-20-9-10-21-48(46)51(44)49/h1-34H. The van der Waals surface area contributed by atoms with Crippen LogP contribution in [0.2, 0.25) is 0 Å². The molecule has 0 atom stereocenters. The summed E-state index contributed by atoms with van der Waals surface area (Å²) in [5.41, 5.74) is 10.5. The second-order valence-corrected chi connectivity index (χ2v) is 14.6. The Bertz CT molecular complexity index is 3220. The van der Waals surface area contributed by atoms with Crippen LogP contribution in [0.15, 0.2) is 206 Å². The average molecular weight is 739 g/mol. The molecule has 0 bridgehead atoms. The van der Waals surface area contributed by atoms with Crippen LogP contribution in [-0.2, 0) is 0 Å². The van der Waals surface area contributed by atoms with Crippen LogP contribution in [0, 0.1) is 0 Å². The summed E-state index contributed by atoms with van der Waals surface area (Å²) >= 11 is 0. The SMILES string of the molecule is c1ccc(-c2nc(-c3ccccc3)nc(-c3cc(-c4ccc(-c5ccc6cccnc6c5)cc4)cc(-c4cccc5c6ccccc6c6ccccc6c45)c3)n2)cc1. The van der Waals surface area contributed by atoms with Gasteiger partial charge in [0.25, 0.3) is 0 Å². The summed E-state index contributed by atoms with van der Waals surface area (Å²) in [5.74, 6) is 1.88. The van der Waals surface area contributed by atoms with Crippen molar-refractivity contribution in [1.29, 1.82) is 0 Å². The van der Waals surface area contributed by atoms with Crippen LogP contribution < -0.4 is 0 Å². The number of hydrogen-bond acceptors (Lipinski definition) is 4. The highest BCUT2D eigenvalue weighted by molar-refractivity contribution is 6.28. The van der Waals surface area contributed by atoms with Gasteiger partial charge in [-0.2, -0.15) is 0 Å². The van der Waals surface area contributed by atoms with Gasteiger partial charge in [-0.1, -0.05) is 170 Å². The first-order valence-electron chi connectivity index (χ1n) is 19.5. The van der Waals surface area contributed by atoms with Crippen LogP contribution in [0.3, 0.4) is 0 Å². The molecule has 4 heteroatoms. The van der Waals surface area contributed by atoms with Gasteiger partial charge in [-0.25, -0.2) is 15.0 Å². The van der Waals surface area contributed by atoms with Gasteiger partial charge in [0.1, 0.15) is 0 Å². The summed E-state index contributed by atoms with van der Waals surface area (Å²) in [6.45, 7) is 0. The second-order valence-electron chi connectivity index (χ2n) is 14.6. The first-order valence-corrected chi connectivity index (χ1v) is 19.5. The van der Waals surface area contributed by atoms with Crippen LogP contribution >= 0.6 is 0 Å². The molecule has 2 heterocycles. The summed E-state index contributed by atoms with van der Waals surface area (Å²) in [5, 5.41) is 8.55. The predicted molar refractivity (Wildman–Crippen MR) is 240 cm³/mol. The molecule has 0 saturated carbocycles. The molecule has 0 amide bonds. The highest BCUT2D eigenvalue weighted by Gasteiger charge is 2.18. The number of rotatable bonds is 6. The molecule has 0 N–H and O–H groups in total. The molecule has 0 fully saturated rings. The van der Waals surface area contributed by atoms with Gasteiger partial charge < -0.3 is 0 Å². The van der Waals surface area contributed by atoms with Gasteiger partial charge in [-0.15, -0.1) is 0 Å². The van der Waals surface area contributed by atoms with Gasteiger partial charge in [0, 0.05) is 28.3 Å². The molecule has 9 aromatic carbocycles. The number of aromatic nitrogens is 4. The number of nitrogens with zero attached hydrogens (tertiary/aromatic N) is 4. The zero-order valence-corrected chi connectivity index (χ0v) is 31.4. The second kappa shape index (κ2) is 14.0. The first-order chi connectivity index (χ1) is 28.7. The van der Waals surface area contributed by atoms with Crippen LogP contribution in [0.5, 0.6) is 0 Å². The topological polar surface area (TPSA) is 51.6 Å². The van der Waals surface area contributed by atoms with Gasteiger partial charge in [0.05, 0.1) is 5.52 Å². The summed E-state index contributed by atoms with van der Waals surface area (Å²) in [6.07, 6.45) is 1.85. The fourth-order valence-corrected chi connectivity index (χ4v) is 8.31. The van der Waals surface area contributed by atoms with E-state index in [9.17, 15) is 0 Å². The lowest BCUT2D eigenvalue weighted by Crippen LogP contribution is -2.00. The molecule has 11 rings (SSSR count). The van der Waals surface area contributed by atoms with Crippen molar-refractivity contribution < 1.29 is 0 Å². The minimum atomic E-state index is 0.617. The van der Waals surface area contributed by atoms with E-state index in [0.717, 1.165) is 61.0 Å². The van der Waals surface area contributed by atoms with E-state index in [-0.39, 0.29) is 0 Å². The minimum absolute atomic E-state index is 0.617. The lowest BCUT2D eigenvalue weighted by molar-refractivity contribution is 1.07. The monoisotopic (exact) mass is 738 g/mol. The van der Waals surface area contributed by atoms with Gasteiger partial charge in [-0.3, -0.25) is 4.98 Å². The van der Waals surface area contributed by atoms with Crippen molar-refractivity contribution >= 4 is 43.2 Å². The van der Waals surface area contributed by atoms with Crippen molar-refractivity contribution in [3.63, 3.8) is 0 Å². The maximum absolute atomic E-state index is 5.17. The van der Waals surface area contributed by atoms with E-state index >= 15 is 0 Å². The number of pyridine rings is 1. The molecule has 270 valence electrons. The van der Waals surface area contributed by atoms with E-state index in [4.69, 9.17) is 15.0 Å². The lowest BCUT2D eigenvalue weighted by Gasteiger charge is -2.16. The maximum Gasteiger partial charge on any atom is 0.164 e. The number of benzene rings is 9. The van der Waals surface area contributed by atoms with Crippen molar-refractivity contribution in [3.05, 3.63) is 206 Å². The normalized spacial score (nSPS) is 11.4. The molecule has 0 aliphatic heterocycles. The lowest BCUT2D eigenvalue weighted by atomic mass is 9.88. The van der Waals surface area contributed by atoms with E-state index < -0.39 is 0 Å². The molecule has 0 aliphatic carbocycles. The van der Waals surface area contributed by atoms with Gasteiger partial charge >= 0.3 is 0 Å². The van der Waals surface area contributed by atoms with E-state index in [0.29, 0.717) is 17.5 Å². The van der Waals surface area contributed by atoms with Crippen molar-refractivity contribution in [2.24, 2.45) is 0 Å². The summed E-state index contributed by atoms with van der Waals surface area (Å²) < 4.78 is 0. The summed E-state index contributed by atoms with van der Waals surface area (Å²) in [6, 6.07) is 70.7. The Kier molecular flexibility index (Phi) is 8.11. The zero-order valence-electron chi connectivity index (χ0n) is 31.4. The first kappa shape index (κ1) is 33.5. The van der Waals surface area contributed by atoms with Crippen molar-refractivity contribution in [2.45, 2.75) is 0 Å². The van der Waals surface area contributed by atoms with E-state index in [1.54, 1.807) is 0 Å². The van der Waals surface area contributed by atoms with Crippen LogP contribution in [0.1, 0.15) is 0 Å². The highest BCUT2D eigenvalue weighted by Crippen LogP contribution is 2.42. The molecule has 0 saturated heterocycles. The molecule has 4 nitrogen and oxygen atoms in total. The Morgan fingerprint density at radius 1 is 0.276 bits per heavy atom. The Morgan fingerprint density at radius 3 is 1.40 bits per heavy atom. The number of fused-ring (bicyclic) bond motifs is 7.